The van der Waals surface area contributed by atoms with Crippen molar-refractivity contribution in [3.63, 3.8) is 0 Å². The van der Waals surface area contributed by atoms with Crippen LogP contribution in [0.4, 0.5) is 17.6 Å². The van der Waals surface area contributed by atoms with Gasteiger partial charge >= 0.3 is 6.18 Å². The van der Waals surface area contributed by atoms with E-state index in [0.29, 0.717) is 12.1 Å². The number of nitrogens with zero attached hydrogens (tertiary/aromatic N) is 1. The Labute approximate surface area is 119 Å². The monoisotopic (exact) mass is 298 g/mol. The Morgan fingerprint density at radius 2 is 1.90 bits per heavy atom. The van der Waals surface area contributed by atoms with E-state index in [1.54, 1.807) is 12.4 Å². The minimum Gasteiger partial charge on any atom is -0.309 e. The van der Waals surface area contributed by atoms with Gasteiger partial charge in [-0.3, -0.25) is 4.98 Å². The van der Waals surface area contributed by atoms with Crippen molar-refractivity contribution < 1.29 is 17.6 Å². The lowest BCUT2D eigenvalue weighted by molar-refractivity contribution is -0.140. The molecule has 2 aromatic rings. The fourth-order valence-corrected chi connectivity index (χ4v) is 1.92. The third kappa shape index (κ3) is 4.01. The molecule has 0 bridgehead atoms. The summed E-state index contributed by atoms with van der Waals surface area (Å²) >= 11 is 0. The maximum Gasteiger partial charge on any atom is 0.419 e. The number of aromatic nitrogens is 1. The molecule has 1 heterocycles. The number of rotatable bonds is 4. The molecule has 0 unspecified atom stereocenters. The van der Waals surface area contributed by atoms with Crippen molar-refractivity contribution in [2.75, 3.05) is 0 Å². The van der Waals surface area contributed by atoms with Crippen LogP contribution < -0.4 is 5.32 Å². The van der Waals surface area contributed by atoms with E-state index in [0.717, 1.165) is 23.3 Å². The van der Waals surface area contributed by atoms with Crippen molar-refractivity contribution in [3.8, 4) is 0 Å². The van der Waals surface area contributed by atoms with Crippen molar-refractivity contribution in [2.24, 2.45) is 0 Å². The number of nitrogens with one attached hydrogen (secondary N) is 1. The predicted octanol–water partition coefficient (Wildman–Crippen LogP) is 3.84. The van der Waals surface area contributed by atoms with Gasteiger partial charge in [-0.15, -0.1) is 0 Å². The van der Waals surface area contributed by atoms with Crippen LogP contribution in [0.25, 0.3) is 0 Å². The Morgan fingerprint density at radius 3 is 2.57 bits per heavy atom. The number of aryl methyl sites for hydroxylation is 1. The maximum absolute atomic E-state index is 13.2. The summed E-state index contributed by atoms with van der Waals surface area (Å²) in [4.78, 5) is 3.99. The largest absolute Gasteiger partial charge is 0.419 e. The van der Waals surface area contributed by atoms with Gasteiger partial charge in [0.25, 0.3) is 0 Å². The fraction of sp³-hybridized carbons (Fsp3) is 0.267. The Hall–Kier alpha value is -1.95. The Kier molecular flexibility index (Phi) is 4.57. The molecule has 0 aliphatic heterocycles. The summed E-state index contributed by atoms with van der Waals surface area (Å²) in [6.45, 7) is 2.63. The Bertz CT molecular complexity index is 623. The van der Waals surface area contributed by atoms with E-state index in [1.807, 2.05) is 13.0 Å². The second-order valence-corrected chi connectivity index (χ2v) is 4.72. The first-order valence-electron chi connectivity index (χ1n) is 6.34. The average Bonchev–Trinajstić information content (AvgIpc) is 2.41. The molecule has 2 nitrogen and oxygen atoms in total. The highest BCUT2D eigenvalue weighted by atomic mass is 19.4. The summed E-state index contributed by atoms with van der Waals surface area (Å²) in [6.07, 6.45) is -1.30. The molecule has 0 amide bonds. The molecule has 0 aliphatic carbocycles. The Balaban J connectivity index is 2.03. The summed E-state index contributed by atoms with van der Waals surface area (Å²) in [6, 6.07) is 4.87. The third-order valence-electron chi connectivity index (χ3n) is 3.13. The van der Waals surface area contributed by atoms with E-state index >= 15 is 0 Å². The van der Waals surface area contributed by atoms with Crippen LogP contribution in [0.15, 0.2) is 36.7 Å². The van der Waals surface area contributed by atoms with Gasteiger partial charge in [0, 0.05) is 25.5 Å². The summed E-state index contributed by atoms with van der Waals surface area (Å²) in [7, 11) is 0. The van der Waals surface area contributed by atoms with Crippen LogP contribution >= 0.6 is 0 Å². The van der Waals surface area contributed by atoms with E-state index in [4.69, 9.17) is 0 Å². The number of alkyl halides is 3. The quantitative estimate of drug-likeness (QED) is 0.868. The SMILES string of the molecule is Cc1ccncc1CNCc1ccc(F)c(C(F)(F)F)c1. The maximum atomic E-state index is 13.2. The molecule has 21 heavy (non-hydrogen) atoms. The van der Waals surface area contributed by atoms with Crippen LogP contribution in [0.2, 0.25) is 0 Å². The molecule has 0 saturated heterocycles. The standard InChI is InChI=1S/C15H14F4N2/c1-10-4-5-20-8-12(10)9-21-7-11-2-3-14(16)13(6-11)15(17,18)19/h2-6,8,21H,7,9H2,1H3. The highest BCUT2D eigenvalue weighted by Crippen LogP contribution is 2.31. The summed E-state index contributed by atoms with van der Waals surface area (Å²) in [5.74, 6) is -1.26. The van der Waals surface area contributed by atoms with Crippen LogP contribution in [0.1, 0.15) is 22.3 Å². The van der Waals surface area contributed by atoms with Gasteiger partial charge in [0.1, 0.15) is 5.82 Å². The van der Waals surface area contributed by atoms with Crippen molar-refractivity contribution >= 4 is 0 Å². The minimum absolute atomic E-state index is 0.220. The van der Waals surface area contributed by atoms with Gasteiger partial charge < -0.3 is 5.32 Å². The zero-order valence-corrected chi connectivity index (χ0v) is 11.3. The minimum atomic E-state index is -4.68. The van der Waals surface area contributed by atoms with Crippen molar-refractivity contribution in [2.45, 2.75) is 26.2 Å². The molecule has 0 spiro atoms. The van der Waals surface area contributed by atoms with Crippen molar-refractivity contribution in [3.05, 3.63) is 64.7 Å². The first-order chi connectivity index (χ1) is 9.88. The third-order valence-corrected chi connectivity index (χ3v) is 3.13. The lowest BCUT2D eigenvalue weighted by Gasteiger charge is -2.11. The molecule has 0 radical (unpaired) electrons. The van der Waals surface area contributed by atoms with E-state index in [1.165, 1.54) is 6.07 Å². The number of pyridine rings is 1. The molecule has 0 aliphatic rings. The predicted molar refractivity (Wildman–Crippen MR) is 70.9 cm³/mol. The fourth-order valence-electron chi connectivity index (χ4n) is 1.92. The van der Waals surface area contributed by atoms with E-state index in [9.17, 15) is 17.6 Å². The summed E-state index contributed by atoms with van der Waals surface area (Å²) in [5.41, 5.74) is 1.16. The molecular weight excluding hydrogens is 284 g/mol. The van der Waals surface area contributed by atoms with Gasteiger partial charge in [-0.1, -0.05) is 6.07 Å². The van der Waals surface area contributed by atoms with Gasteiger partial charge in [-0.2, -0.15) is 13.2 Å². The Morgan fingerprint density at radius 1 is 1.14 bits per heavy atom. The van der Waals surface area contributed by atoms with Crippen LogP contribution in [-0.4, -0.2) is 4.98 Å². The number of benzene rings is 1. The topological polar surface area (TPSA) is 24.9 Å². The molecule has 1 aromatic carbocycles. The van der Waals surface area contributed by atoms with Gasteiger partial charge in [-0.05, 0) is 41.8 Å². The number of hydrogen-bond donors (Lipinski definition) is 1. The number of halogens is 4. The normalized spacial score (nSPS) is 11.7. The molecule has 0 atom stereocenters. The summed E-state index contributed by atoms with van der Waals surface area (Å²) < 4.78 is 51.0. The lowest BCUT2D eigenvalue weighted by atomic mass is 10.1. The van der Waals surface area contributed by atoms with Crippen LogP contribution in [0, 0.1) is 12.7 Å². The lowest BCUT2D eigenvalue weighted by Crippen LogP contribution is -2.15. The van der Waals surface area contributed by atoms with Crippen molar-refractivity contribution in [1.29, 1.82) is 0 Å². The van der Waals surface area contributed by atoms with Crippen LogP contribution in [0.3, 0.4) is 0 Å². The zero-order chi connectivity index (χ0) is 15.5. The molecule has 6 heteroatoms. The second kappa shape index (κ2) is 6.22. The summed E-state index contributed by atoms with van der Waals surface area (Å²) in [5, 5.41) is 3.03. The second-order valence-electron chi connectivity index (χ2n) is 4.72. The molecular formula is C15H14F4N2. The molecule has 0 saturated carbocycles. The highest BCUT2D eigenvalue weighted by molar-refractivity contribution is 5.27. The first kappa shape index (κ1) is 15.4. The van der Waals surface area contributed by atoms with Gasteiger partial charge in [0.15, 0.2) is 0 Å². The molecule has 0 fully saturated rings. The molecule has 112 valence electrons. The highest BCUT2D eigenvalue weighted by Gasteiger charge is 2.34. The van der Waals surface area contributed by atoms with Gasteiger partial charge in [-0.25, -0.2) is 4.39 Å². The van der Waals surface area contributed by atoms with E-state index in [2.05, 4.69) is 10.3 Å². The smallest absolute Gasteiger partial charge is 0.309 e. The van der Waals surface area contributed by atoms with Crippen LogP contribution in [0.5, 0.6) is 0 Å². The van der Waals surface area contributed by atoms with Crippen molar-refractivity contribution in [1.82, 2.24) is 10.3 Å². The van der Waals surface area contributed by atoms with Gasteiger partial charge in [0.05, 0.1) is 5.56 Å². The molecule has 1 N–H and O–H groups in total. The van der Waals surface area contributed by atoms with E-state index < -0.39 is 17.6 Å². The molecule has 2 rings (SSSR count). The first-order valence-corrected chi connectivity index (χ1v) is 6.34. The number of hydrogen-bond acceptors (Lipinski definition) is 2. The van der Waals surface area contributed by atoms with Gasteiger partial charge in [0.2, 0.25) is 0 Å². The zero-order valence-electron chi connectivity index (χ0n) is 11.3. The average molecular weight is 298 g/mol. The van der Waals surface area contributed by atoms with E-state index in [-0.39, 0.29) is 6.54 Å². The molecule has 1 aromatic heterocycles. The van der Waals surface area contributed by atoms with Crippen LogP contribution in [-0.2, 0) is 19.3 Å².